The molecule has 3 rings (SSSR count). The zero-order valence-corrected chi connectivity index (χ0v) is 14.1. The summed E-state index contributed by atoms with van der Waals surface area (Å²) in [6.07, 6.45) is 0.329. The Balaban J connectivity index is 1.92. The van der Waals surface area contributed by atoms with Crippen LogP contribution >= 0.6 is 39.0 Å². The number of thiazole rings is 1. The maximum absolute atomic E-state index is 13.4. The number of nitrogens with zero attached hydrogens (tertiary/aromatic N) is 2. The Morgan fingerprint density at radius 1 is 1.57 bits per heavy atom. The number of hydrogen-bond donors (Lipinski definition) is 0. The molecule has 0 bridgehead atoms. The van der Waals surface area contributed by atoms with Gasteiger partial charge in [0.05, 0.1) is 10.2 Å². The van der Waals surface area contributed by atoms with Crippen molar-refractivity contribution in [1.82, 2.24) is 4.98 Å². The highest BCUT2D eigenvalue weighted by atomic mass is 79.9. The van der Waals surface area contributed by atoms with Crippen LogP contribution in [0.2, 0.25) is 0 Å². The molecule has 21 heavy (non-hydrogen) atoms. The number of benzene rings is 1. The topological polar surface area (TPSA) is 50.3 Å². The Morgan fingerprint density at radius 2 is 2.33 bits per heavy atom. The van der Waals surface area contributed by atoms with Crippen LogP contribution < -0.4 is 4.90 Å². The van der Waals surface area contributed by atoms with Gasteiger partial charge in [0.2, 0.25) is 5.91 Å². The fourth-order valence-electron chi connectivity index (χ4n) is 2.23. The highest BCUT2D eigenvalue weighted by molar-refractivity contribution is 9.10. The smallest absolute Gasteiger partial charge is 0.230 e. The van der Waals surface area contributed by atoms with E-state index in [1.54, 1.807) is 4.90 Å². The Hall–Kier alpha value is -0.990. The number of fused-ring (bicyclic) bond motifs is 1. The van der Waals surface area contributed by atoms with Crippen molar-refractivity contribution in [2.45, 2.75) is 18.6 Å². The van der Waals surface area contributed by atoms with Crippen molar-refractivity contribution < 1.29 is 14.0 Å². The van der Waals surface area contributed by atoms with Crippen molar-refractivity contribution in [1.29, 1.82) is 0 Å². The first-order valence-electron chi connectivity index (χ1n) is 6.17. The molecule has 2 aromatic rings. The summed E-state index contributed by atoms with van der Waals surface area (Å²) in [5, 5.41) is 0.513. The van der Waals surface area contributed by atoms with Crippen molar-refractivity contribution in [3.8, 4) is 0 Å². The van der Waals surface area contributed by atoms with Crippen LogP contribution in [0, 0.1) is 5.82 Å². The predicted molar refractivity (Wildman–Crippen MR) is 86.3 cm³/mol. The Bertz CT molecular complexity index is 749. The van der Waals surface area contributed by atoms with E-state index in [0.717, 1.165) is 0 Å². The molecule has 0 spiro atoms. The summed E-state index contributed by atoms with van der Waals surface area (Å²) in [4.78, 5) is 29.2. The molecular formula is C13H10BrFN2O2S2. The van der Waals surface area contributed by atoms with Gasteiger partial charge in [-0.15, -0.1) is 0 Å². The van der Waals surface area contributed by atoms with Gasteiger partial charge in [0.1, 0.15) is 5.82 Å². The van der Waals surface area contributed by atoms with Crippen molar-refractivity contribution in [3.05, 3.63) is 22.4 Å². The number of anilines is 1. The van der Waals surface area contributed by atoms with Gasteiger partial charge in [0.25, 0.3) is 0 Å². The summed E-state index contributed by atoms with van der Waals surface area (Å²) in [7, 11) is 0. The molecule has 1 fully saturated rings. The normalized spacial score (nSPS) is 18.7. The second-order valence-corrected chi connectivity index (χ2v) is 8.01. The molecule has 0 radical (unpaired) electrons. The number of thioether (sulfide) groups is 1. The molecule has 0 saturated carbocycles. The van der Waals surface area contributed by atoms with Gasteiger partial charge in [0, 0.05) is 29.6 Å². The van der Waals surface area contributed by atoms with Crippen molar-refractivity contribution in [2.75, 3.05) is 11.4 Å². The van der Waals surface area contributed by atoms with Gasteiger partial charge in [-0.25, -0.2) is 9.37 Å². The molecule has 1 unspecified atom stereocenters. The second-order valence-electron chi connectivity index (χ2n) is 4.67. The first-order chi connectivity index (χ1) is 9.94. The zero-order chi connectivity index (χ0) is 15.1. The van der Waals surface area contributed by atoms with Crippen molar-refractivity contribution in [3.63, 3.8) is 0 Å². The Labute approximate surface area is 136 Å². The van der Waals surface area contributed by atoms with Crippen LogP contribution in [0.1, 0.15) is 13.3 Å². The fourth-order valence-corrected chi connectivity index (χ4v) is 4.85. The summed E-state index contributed by atoms with van der Waals surface area (Å²) < 4.78 is 14.7. The third-order valence-electron chi connectivity index (χ3n) is 3.05. The van der Waals surface area contributed by atoms with Crippen LogP contribution in [-0.2, 0) is 9.59 Å². The van der Waals surface area contributed by atoms with Crippen molar-refractivity contribution >= 4 is 65.4 Å². The Kier molecular flexibility index (Phi) is 4.02. The molecule has 110 valence electrons. The first-order valence-corrected chi connectivity index (χ1v) is 8.66. The number of carbonyl (C=O) groups is 2. The average molecular weight is 389 g/mol. The minimum absolute atomic E-state index is 0.00349. The van der Waals surface area contributed by atoms with Crippen LogP contribution in [0.25, 0.3) is 10.2 Å². The van der Waals surface area contributed by atoms with Crippen LogP contribution in [-0.4, -0.2) is 27.8 Å². The number of halogens is 2. The summed E-state index contributed by atoms with van der Waals surface area (Å²) >= 11 is 5.74. The molecule has 1 saturated heterocycles. The van der Waals surface area contributed by atoms with Gasteiger partial charge in [0.15, 0.2) is 10.2 Å². The number of rotatable bonds is 2. The second kappa shape index (κ2) is 5.66. The lowest BCUT2D eigenvalue weighted by Crippen LogP contribution is -2.24. The van der Waals surface area contributed by atoms with Crippen LogP contribution in [0.15, 0.2) is 16.6 Å². The predicted octanol–water partition coefficient (Wildman–Crippen LogP) is 3.58. The van der Waals surface area contributed by atoms with Crippen LogP contribution in [0.4, 0.5) is 9.52 Å². The van der Waals surface area contributed by atoms with E-state index in [1.165, 1.54) is 42.2 Å². The lowest BCUT2D eigenvalue weighted by atomic mass is 10.3. The number of hydrogen-bond acceptors (Lipinski definition) is 5. The highest BCUT2D eigenvalue weighted by Gasteiger charge is 2.33. The molecule has 8 heteroatoms. The molecule has 2 heterocycles. The molecule has 1 aliphatic heterocycles. The molecule has 1 aliphatic rings. The average Bonchev–Trinajstić information content (AvgIpc) is 2.92. The number of aromatic nitrogens is 1. The lowest BCUT2D eigenvalue weighted by molar-refractivity contribution is -0.117. The molecule has 4 nitrogen and oxygen atoms in total. The van der Waals surface area contributed by atoms with E-state index in [9.17, 15) is 14.0 Å². The van der Waals surface area contributed by atoms with Crippen LogP contribution in [0.5, 0.6) is 0 Å². The molecule has 1 aromatic carbocycles. The SMILES string of the molecule is CC(=O)SC1CC(=O)N(c2nc3c(Br)cc(F)cc3s2)C1. The lowest BCUT2D eigenvalue weighted by Gasteiger charge is -2.11. The minimum Gasteiger partial charge on any atom is -0.288 e. The van der Waals surface area contributed by atoms with Gasteiger partial charge in [-0.3, -0.25) is 14.5 Å². The van der Waals surface area contributed by atoms with Gasteiger partial charge in [-0.1, -0.05) is 23.1 Å². The zero-order valence-electron chi connectivity index (χ0n) is 10.9. The maximum Gasteiger partial charge on any atom is 0.230 e. The molecule has 0 N–H and O–H groups in total. The molecule has 0 aliphatic carbocycles. The number of amides is 1. The van der Waals surface area contributed by atoms with E-state index in [1.807, 2.05) is 0 Å². The third-order valence-corrected chi connectivity index (χ3v) is 5.67. The Morgan fingerprint density at radius 3 is 3.05 bits per heavy atom. The summed E-state index contributed by atoms with van der Waals surface area (Å²) in [6.45, 7) is 1.96. The van der Waals surface area contributed by atoms with E-state index in [2.05, 4.69) is 20.9 Å². The maximum atomic E-state index is 13.4. The largest absolute Gasteiger partial charge is 0.288 e. The minimum atomic E-state index is -0.345. The van der Waals surface area contributed by atoms with Gasteiger partial charge in [-0.05, 0) is 28.1 Å². The molecule has 1 amide bonds. The third kappa shape index (κ3) is 2.97. The summed E-state index contributed by atoms with van der Waals surface area (Å²) in [6, 6.07) is 2.76. The monoisotopic (exact) mass is 388 g/mol. The summed E-state index contributed by atoms with van der Waals surface area (Å²) in [5.74, 6) is -0.397. The fraction of sp³-hybridized carbons (Fsp3) is 0.308. The molecule has 1 aromatic heterocycles. The van der Waals surface area contributed by atoms with E-state index < -0.39 is 0 Å². The quantitative estimate of drug-likeness (QED) is 0.788. The van der Waals surface area contributed by atoms with E-state index >= 15 is 0 Å². The van der Waals surface area contributed by atoms with Gasteiger partial charge in [-0.2, -0.15) is 0 Å². The summed E-state index contributed by atoms with van der Waals surface area (Å²) in [5.41, 5.74) is 0.645. The standard InChI is InChI=1S/C13H10BrFN2O2S2/c1-6(18)20-8-4-11(19)17(5-8)13-16-12-9(14)2-7(15)3-10(12)21-13/h2-3,8H,4-5H2,1H3. The molecule has 1 atom stereocenters. The van der Waals surface area contributed by atoms with Crippen molar-refractivity contribution in [2.24, 2.45) is 0 Å². The van der Waals surface area contributed by atoms with Gasteiger partial charge < -0.3 is 0 Å². The first kappa shape index (κ1) is 14.9. The van der Waals surface area contributed by atoms with E-state index in [0.29, 0.717) is 32.8 Å². The van der Waals surface area contributed by atoms with E-state index in [4.69, 9.17) is 0 Å². The molecular weight excluding hydrogens is 379 g/mol. The number of carbonyl (C=O) groups excluding carboxylic acids is 2. The van der Waals surface area contributed by atoms with E-state index in [-0.39, 0.29) is 22.1 Å². The van der Waals surface area contributed by atoms with Gasteiger partial charge >= 0.3 is 0 Å². The highest BCUT2D eigenvalue weighted by Crippen LogP contribution is 2.36. The van der Waals surface area contributed by atoms with Crippen LogP contribution in [0.3, 0.4) is 0 Å².